The van der Waals surface area contributed by atoms with E-state index in [9.17, 15) is 0 Å². The second-order valence-electron chi connectivity index (χ2n) is 3.82. The summed E-state index contributed by atoms with van der Waals surface area (Å²) in [6.07, 6.45) is 0. The molecule has 0 amide bonds. The molecule has 0 heterocycles. The minimum absolute atomic E-state index is 0.538. The van der Waals surface area contributed by atoms with Gasteiger partial charge in [-0.15, -0.1) is 0 Å². The monoisotopic (exact) mass is 263 g/mol. The second-order valence-corrected chi connectivity index (χ2v) is 4.23. The smallest absolute Gasteiger partial charge is 0.137 e. The fraction of sp³-hybridized carbons (Fsp3) is 0.0769. The lowest BCUT2D eigenvalue weighted by atomic mass is 10.2. The van der Waals surface area contributed by atoms with Gasteiger partial charge in [0.05, 0.1) is 23.5 Å². The molecule has 0 atom stereocenters. The Kier molecular flexibility index (Phi) is 3.48. The van der Waals surface area contributed by atoms with Crippen LogP contribution in [-0.4, -0.2) is 7.11 Å². The summed E-state index contributed by atoms with van der Waals surface area (Å²) < 4.78 is 5.09. The van der Waals surface area contributed by atoms with Crippen molar-refractivity contribution in [2.45, 2.75) is 0 Å². The number of nitrogens with two attached hydrogens (primary N) is 2. The SMILES string of the molecule is COc1ccc(Nc2ccc(N)cc2N)cc1Cl. The fourth-order valence-electron chi connectivity index (χ4n) is 1.59. The van der Waals surface area contributed by atoms with E-state index >= 15 is 0 Å². The minimum Gasteiger partial charge on any atom is -0.495 e. The normalized spacial score (nSPS) is 10.1. The van der Waals surface area contributed by atoms with Crippen molar-refractivity contribution in [2.24, 2.45) is 0 Å². The first-order chi connectivity index (χ1) is 8.60. The summed E-state index contributed by atoms with van der Waals surface area (Å²) in [7, 11) is 1.58. The van der Waals surface area contributed by atoms with Crippen molar-refractivity contribution in [1.29, 1.82) is 0 Å². The lowest BCUT2D eigenvalue weighted by molar-refractivity contribution is 0.415. The van der Waals surface area contributed by atoms with Gasteiger partial charge in [0.25, 0.3) is 0 Å². The van der Waals surface area contributed by atoms with E-state index in [1.165, 1.54) is 0 Å². The van der Waals surface area contributed by atoms with Gasteiger partial charge in [0.2, 0.25) is 0 Å². The Morgan fingerprint density at radius 1 is 1.11 bits per heavy atom. The highest BCUT2D eigenvalue weighted by Crippen LogP contribution is 2.30. The molecule has 0 fully saturated rings. The average molecular weight is 264 g/mol. The molecule has 94 valence electrons. The molecule has 5 heteroatoms. The molecule has 0 aliphatic rings. The highest BCUT2D eigenvalue weighted by molar-refractivity contribution is 6.32. The van der Waals surface area contributed by atoms with Gasteiger partial charge in [-0.2, -0.15) is 0 Å². The molecule has 18 heavy (non-hydrogen) atoms. The molecule has 0 aliphatic carbocycles. The summed E-state index contributed by atoms with van der Waals surface area (Å²) >= 11 is 6.04. The predicted octanol–water partition coefficient (Wildman–Crippen LogP) is 3.26. The molecule has 4 nitrogen and oxygen atoms in total. The van der Waals surface area contributed by atoms with Crippen molar-refractivity contribution in [3.63, 3.8) is 0 Å². The Morgan fingerprint density at radius 2 is 1.89 bits per heavy atom. The molecule has 0 bridgehead atoms. The number of hydrogen-bond donors (Lipinski definition) is 3. The summed E-state index contributed by atoms with van der Waals surface area (Å²) in [6.45, 7) is 0. The van der Waals surface area contributed by atoms with Crippen molar-refractivity contribution in [1.82, 2.24) is 0 Å². The quantitative estimate of drug-likeness (QED) is 0.743. The second kappa shape index (κ2) is 5.06. The van der Waals surface area contributed by atoms with Crippen molar-refractivity contribution in [3.05, 3.63) is 41.4 Å². The van der Waals surface area contributed by atoms with Gasteiger partial charge in [0.1, 0.15) is 5.75 Å². The molecule has 0 unspecified atom stereocenters. The lowest BCUT2D eigenvalue weighted by Crippen LogP contribution is -1.98. The van der Waals surface area contributed by atoms with Gasteiger partial charge in [-0.05, 0) is 36.4 Å². The molecule has 2 aromatic rings. The molecule has 5 N–H and O–H groups in total. The van der Waals surface area contributed by atoms with Crippen molar-refractivity contribution < 1.29 is 4.74 Å². The molecule has 2 aromatic carbocycles. The van der Waals surface area contributed by atoms with Gasteiger partial charge in [-0.3, -0.25) is 0 Å². The van der Waals surface area contributed by atoms with Crippen LogP contribution in [0.5, 0.6) is 5.75 Å². The standard InChI is InChI=1S/C13H14ClN3O/c1-18-13-5-3-9(7-10(13)14)17-12-4-2-8(15)6-11(12)16/h2-7,17H,15-16H2,1H3. The molecule has 0 aliphatic heterocycles. The number of halogens is 1. The number of hydrogen-bond acceptors (Lipinski definition) is 4. The summed E-state index contributed by atoms with van der Waals surface area (Å²) in [4.78, 5) is 0. The van der Waals surface area contributed by atoms with Crippen LogP contribution in [-0.2, 0) is 0 Å². The van der Waals surface area contributed by atoms with Crippen LogP contribution in [0.2, 0.25) is 5.02 Å². The molecule has 0 saturated carbocycles. The van der Waals surface area contributed by atoms with Crippen molar-refractivity contribution >= 4 is 34.4 Å². The van der Waals surface area contributed by atoms with E-state index < -0.39 is 0 Å². The van der Waals surface area contributed by atoms with E-state index in [0.717, 1.165) is 11.4 Å². The molecule has 0 aromatic heterocycles. The third-order valence-corrected chi connectivity index (χ3v) is 2.80. The van der Waals surface area contributed by atoms with Crippen LogP contribution in [0.3, 0.4) is 0 Å². The first kappa shape index (κ1) is 12.4. The third-order valence-electron chi connectivity index (χ3n) is 2.51. The van der Waals surface area contributed by atoms with Gasteiger partial charge < -0.3 is 21.5 Å². The van der Waals surface area contributed by atoms with Gasteiger partial charge in [-0.1, -0.05) is 11.6 Å². The van der Waals surface area contributed by atoms with E-state index in [0.29, 0.717) is 22.1 Å². The van der Waals surface area contributed by atoms with Gasteiger partial charge in [0.15, 0.2) is 0 Å². The average Bonchev–Trinajstić information content (AvgIpc) is 2.33. The Bertz CT molecular complexity index is 572. The highest BCUT2D eigenvalue weighted by atomic mass is 35.5. The molecular weight excluding hydrogens is 250 g/mol. The Morgan fingerprint density at radius 3 is 2.50 bits per heavy atom. The maximum Gasteiger partial charge on any atom is 0.137 e. The minimum atomic E-state index is 0.538. The molecule has 0 radical (unpaired) electrons. The largest absolute Gasteiger partial charge is 0.495 e. The Hall–Kier alpha value is -2.07. The van der Waals surface area contributed by atoms with Gasteiger partial charge in [0, 0.05) is 11.4 Å². The van der Waals surface area contributed by atoms with Crippen LogP contribution in [0.4, 0.5) is 22.7 Å². The number of rotatable bonds is 3. The number of ether oxygens (including phenoxy) is 1. The topological polar surface area (TPSA) is 73.3 Å². The van der Waals surface area contributed by atoms with Gasteiger partial charge >= 0.3 is 0 Å². The van der Waals surface area contributed by atoms with Crippen LogP contribution in [0, 0.1) is 0 Å². The number of anilines is 4. The first-order valence-electron chi connectivity index (χ1n) is 5.35. The lowest BCUT2D eigenvalue weighted by Gasteiger charge is -2.11. The van der Waals surface area contributed by atoms with E-state index in [1.54, 1.807) is 31.4 Å². The van der Waals surface area contributed by atoms with Crippen LogP contribution >= 0.6 is 11.6 Å². The van der Waals surface area contributed by atoms with Crippen LogP contribution in [0.15, 0.2) is 36.4 Å². The third kappa shape index (κ3) is 2.60. The van der Waals surface area contributed by atoms with E-state index in [1.807, 2.05) is 12.1 Å². The zero-order valence-corrected chi connectivity index (χ0v) is 10.7. The van der Waals surface area contributed by atoms with E-state index in [2.05, 4.69) is 5.32 Å². The first-order valence-corrected chi connectivity index (χ1v) is 5.73. The summed E-state index contributed by atoms with van der Waals surface area (Å²) in [6, 6.07) is 10.7. The number of benzene rings is 2. The van der Waals surface area contributed by atoms with Crippen LogP contribution < -0.4 is 21.5 Å². The predicted molar refractivity (Wildman–Crippen MR) is 76.6 cm³/mol. The van der Waals surface area contributed by atoms with E-state index in [-0.39, 0.29) is 0 Å². The Labute approximate surface area is 110 Å². The maximum absolute atomic E-state index is 6.04. The highest BCUT2D eigenvalue weighted by Gasteiger charge is 2.04. The van der Waals surface area contributed by atoms with Gasteiger partial charge in [-0.25, -0.2) is 0 Å². The van der Waals surface area contributed by atoms with Crippen LogP contribution in [0.1, 0.15) is 0 Å². The van der Waals surface area contributed by atoms with E-state index in [4.69, 9.17) is 27.8 Å². The molecule has 2 rings (SSSR count). The number of nitrogens with one attached hydrogen (secondary N) is 1. The summed E-state index contributed by atoms with van der Waals surface area (Å²) in [5.74, 6) is 0.632. The maximum atomic E-state index is 6.04. The fourth-order valence-corrected chi connectivity index (χ4v) is 1.85. The molecule has 0 spiro atoms. The summed E-state index contributed by atoms with van der Waals surface area (Å²) in [5.41, 5.74) is 14.3. The molecular formula is C13H14ClN3O. The zero-order valence-electron chi connectivity index (χ0n) is 9.91. The number of nitrogen functional groups attached to an aromatic ring is 2. The summed E-state index contributed by atoms with van der Waals surface area (Å²) in [5, 5.41) is 3.71. The zero-order chi connectivity index (χ0) is 13.1. The molecule has 0 saturated heterocycles. The van der Waals surface area contributed by atoms with Crippen molar-refractivity contribution in [3.8, 4) is 5.75 Å². The Balaban J connectivity index is 2.26. The number of methoxy groups -OCH3 is 1. The van der Waals surface area contributed by atoms with Crippen LogP contribution in [0.25, 0.3) is 0 Å². The van der Waals surface area contributed by atoms with Crippen molar-refractivity contribution in [2.75, 3.05) is 23.9 Å².